The first kappa shape index (κ1) is 24.0. The van der Waals surface area contributed by atoms with E-state index in [4.69, 9.17) is 4.98 Å². The number of likely N-dealkylation sites (tertiary alicyclic amines) is 1. The summed E-state index contributed by atoms with van der Waals surface area (Å²) in [6, 6.07) is 7.58. The molecule has 0 spiro atoms. The van der Waals surface area contributed by atoms with Gasteiger partial charge in [-0.05, 0) is 56.2 Å². The monoisotopic (exact) mass is 513 g/mol. The molecule has 0 bridgehead atoms. The molecule has 1 aliphatic heterocycles. The van der Waals surface area contributed by atoms with Crippen molar-refractivity contribution in [1.29, 1.82) is 0 Å². The van der Waals surface area contributed by atoms with E-state index < -0.39 is 11.7 Å². The van der Waals surface area contributed by atoms with E-state index in [0.29, 0.717) is 28.9 Å². The minimum absolute atomic E-state index is 0. The number of rotatable bonds is 5. The van der Waals surface area contributed by atoms with E-state index in [1.807, 2.05) is 0 Å². The summed E-state index contributed by atoms with van der Waals surface area (Å²) in [4.78, 5) is 16.8. The molecule has 1 radical (unpaired) electrons. The van der Waals surface area contributed by atoms with Crippen LogP contribution in [0.3, 0.4) is 0 Å². The number of hydrogen-bond donors (Lipinski definition) is 1. The fraction of sp³-hybridized carbons (Fsp3) is 0.391. The predicted molar refractivity (Wildman–Crippen MR) is 119 cm³/mol. The van der Waals surface area contributed by atoms with Gasteiger partial charge in [-0.3, -0.25) is 4.98 Å². The van der Waals surface area contributed by atoms with Gasteiger partial charge in [0.05, 0.1) is 21.8 Å². The van der Waals surface area contributed by atoms with Gasteiger partial charge >= 0.3 is 6.18 Å². The van der Waals surface area contributed by atoms with Crippen LogP contribution in [-0.4, -0.2) is 46.0 Å². The van der Waals surface area contributed by atoms with Gasteiger partial charge in [0.15, 0.2) is 0 Å². The SMILES string of the molecule is CN1CC[C-](c2nc(-c3cccc(C(F)(F)F)c3)c(-c3ccnc(NC4CC4)n3)s2)CC1.[Mn]. The van der Waals surface area contributed by atoms with Crippen molar-refractivity contribution >= 4 is 17.3 Å². The number of hydrogen-bond acceptors (Lipinski definition) is 6. The number of piperidine rings is 1. The fourth-order valence-electron chi connectivity index (χ4n) is 3.75. The van der Waals surface area contributed by atoms with Gasteiger partial charge < -0.3 is 16.1 Å². The van der Waals surface area contributed by atoms with Crippen LogP contribution < -0.4 is 5.32 Å². The van der Waals surface area contributed by atoms with E-state index in [1.54, 1.807) is 18.3 Å². The second-order valence-electron chi connectivity index (χ2n) is 8.37. The van der Waals surface area contributed by atoms with Gasteiger partial charge in [0.2, 0.25) is 5.95 Å². The number of benzene rings is 1. The number of thiazole rings is 1. The quantitative estimate of drug-likeness (QED) is 0.361. The van der Waals surface area contributed by atoms with Gasteiger partial charge in [-0.15, -0.1) is 24.2 Å². The summed E-state index contributed by atoms with van der Waals surface area (Å²) < 4.78 is 40.1. The Hall–Kier alpha value is -2.13. The van der Waals surface area contributed by atoms with E-state index in [9.17, 15) is 13.2 Å². The minimum Gasteiger partial charge on any atom is -0.351 e. The average molecular weight is 513 g/mol. The van der Waals surface area contributed by atoms with E-state index in [-0.39, 0.29) is 17.1 Å². The van der Waals surface area contributed by atoms with Crippen molar-refractivity contribution in [3.63, 3.8) is 0 Å². The topological polar surface area (TPSA) is 53.9 Å². The molecular formula is C23H23F3MnN5S-. The van der Waals surface area contributed by atoms with E-state index >= 15 is 0 Å². The Kier molecular flexibility index (Phi) is 7.00. The minimum atomic E-state index is -4.41. The Morgan fingerprint density at radius 3 is 2.58 bits per heavy atom. The molecule has 3 heterocycles. The van der Waals surface area contributed by atoms with Gasteiger partial charge in [0.25, 0.3) is 0 Å². The summed E-state index contributed by atoms with van der Waals surface area (Å²) in [5, 5.41) is 4.18. The molecule has 175 valence electrons. The summed E-state index contributed by atoms with van der Waals surface area (Å²) in [5.74, 6) is 1.79. The molecule has 0 unspecified atom stereocenters. The molecule has 5 nitrogen and oxygen atoms in total. The molecule has 3 aromatic rings. The van der Waals surface area contributed by atoms with Crippen molar-refractivity contribution in [3.8, 4) is 21.8 Å². The number of anilines is 1. The Balaban J connectivity index is 0.00000259. The van der Waals surface area contributed by atoms with E-state index in [1.165, 1.54) is 29.4 Å². The normalized spacial score (nSPS) is 17.0. The van der Waals surface area contributed by atoms with Crippen LogP contribution in [0.2, 0.25) is 0 Å². The number of halogens is 3. The number of aromatic nitrogens is 3. The molecule has 2 aliphatic rings. The number of nitrogens with zero attached hydrogens (tertiary/aromatic N) is 4. The molecule has 33 heavy (non-hydrogen) atoms. The first-order valence-corrected chi connectivity index (χ1v) is 11.5. The average Bonchev–Trinajstić information content (AvgIpc) is 3.48. The molecular weight excluding hydrogens is 490 g/mol. The molecule has 1 N–H and O–H groups in total. The Bertz CT molecular complexity index is 1110. The Morgan fingerprint density at radius 1 is 1.12 bits per heavy atom. The van der Waals surface area contributed by atoms with Gasteiger partial charge in [-0.25, -0.2) is 9.97 Å². The third-order valence-corrected chi connectivity index (χ3v) is 6.96. The van der Waals surface area contributed by atoms with E-state index in [0.717, 1.165) is 54.7 Å². The van der Waals surface area contributed by atoms with Gasteiger partial charge in [-0.1, -0.05) is 12.1 Å². The Labute approximate surface area is 205 Å². The largest absolute Gasteiger partial charge is 0.416 e. The van der Waals surface area contributed by atoms with Crippen molar-refractivity contribution in [2.24, 2.45) is 0 Å². The molecule has 5 rings (SSSR count). The van der Waals surface area contributed by atoms with Crippen LogP contribution in [-0.2, 0) is 23.2 Å². The van der Waals surface area contributed by atoms with Gasteiger partial charge in [0.1, 0.15) is 0 Å². The molecule has 1 saturated heterocycles. The summed E-state index contributed by atoms with van der Waals surface area (Å²) in [6.07, 6.45) is 1.29. The number of nitrogens with one attached hydrogen (secondary N) is 1. The van der Waals surface area contributed by atoms with E-state index in [2.05, 4.69) is 27.2 Å². The second kappa shape index (κ2) is 9.62. The van der Waals surface area contributed by atoms with Crippen LogP contribution >= 0.6 is 11.3 Å². The van der Waals surface area contributed by atoms with Gasteiger partial charge in [0, 0.05) is 34.9 Å². The van der Waals surface area contributed by atoms with Crippen LogP contribution in [0.1, 0.15) is 36.3 Å². The van der Waals surface area contributed by atoms with Crippen molar-refractivity contribution in [2.45, 2.75) is 37.9 Å². The van der Waals surface area contributed by atoms with Crippen molar-refractivity contribution in [2.75, 3.05) is 25.5 Å². The molecule has 2 aromatic heterocycles. The summed E-state index contributed by atoms with van der Waals surface area (Å²) in [7, 11) is 2.09. The smallest absolute Gasteiger partial charge is 0.351 e. The first-order chi connectivity index (χ1) is 15.4. The van der Waals surface area contributed by atoms with Crippen LogP contribution in [0.15, 0.2) is 36.5 Å². The van der Waals surface area contributed by atoms with Crippen LogP contribution in [0.4, 0.5) is 19.1 Å². The number of alkyl halides is 3. The molecule has 0 atom stereocenters. The maximum absolute atomic E-state index is 13.4. The molecule has 0 amide bonds. The third-order valence-electron chi connectivity index (χ3n) is 5.78. The maximum Gasteiger partial charge on any atom is 0.416 e. The zero-order chi connectivity index (χ0) is 22.3. The molecule has 10 heteroatoms. The molecule has 1 saturated carbocycles. The fourth-order valence-corrected chi connectivity index (χ4v) is 4.91. The van der Waals surface area contributed by atoms with Crippen molar-refractivity contribution < 1.29 is 30.2 Å². The summed E-state index contributed by atoms with van der Waals surface area (Å²) >= 11 is 1.51. The predicted octanol–water partition coefficient (Wildman–Crippen LogP) is 5.51. The van der Waals surface area contributed by atoms with Crippen LogP contribution in [0.25, 0.3) is 21.8 Å². The maximum atomic E-state index is 13.4. The van der Waals surface area contributed by atoms with Crippen LogP contribution in [0, 0.1) is 5.92 Å². The summed E-state index contributed by atoms with van der Waals surface area (Å²) in [5.41, 5.74) is 0.980. The zero-order valence-corrected chi connectivity index (χ0v) is 20.0. The zero-order valence-electron chi connectivity index (χ0n) is 18.0. The van der Waals surface area contributed by atoms with Crippen molar-refractivity contribution in [3.05, 3.63) is 53.0 Å². The Morgan fingerprint density at radius 2 is 1.88 bits per heavy atom. The third kappa shape index (κ3) is 5.51. The van der Waals surface area contributed by atoms with Crippen LogP contribution in [0.5, 0.6) is 0 Å². The first-order valence-electron chi connectivity index (χ1n) is 10.7. The molecule has 1 aliphatic carbocycles. The molecule has 1 aromatic carbocycles. The summed E-state index contributed by atoms with van der Waals surface area (Å²) in [6.45, 7) is 1.90. The standard InChI is InChI=1S/C23H23F3N5S.Mn/c1-31-11-8-14(9-12-31)21-30-19(15-3-2-4-16(13-15)23(24,25)26)20(32-21)18-7-10-27-22(29-18)28-17-5-6-17;/h2-4,7,10,13,17H,5-6,8-9,11-12H2,1H3,(H,27,28,29);/q-1;. The molecule has 2 fully saturated rings. The second-order valence-corrected chi connectivity index (χ2v) is 9.37. The van der Waals surface area contributed by atoms with Crippen molar-refractivity contribution in [1.82, 2.24) is 19.9 Å². The van der Waals surface area contributed by atoms with Gasteiger partial charge in [-0.2, -0.15) is 13.2 Å².